The molecule has 0 spiro atoms. The fraction of sp³-hybridized carbons (Fsp3) is 0.833. The molecule has 5 heteroatoms. The van der Waals surface area contributed by atoms with E-state index in [1.807, 2.05) is 6.92 Å². The molecule has 1 N–H and O–H groups in total. The first kappa shape index (κ1) is 14.1. The second kappa shape index (κ2) is 6.12. The number of ether oxygens (including phenoxy) is 1. The Morgan fingerprint density at radius 3 is 2.47 bits per heavy atom. The Bertz CT molecular complexity index is 289. The average molecular weight is 241 g/mol. The molecule has 5 nitrogen and oxygen atoms in total. The van der Waals surface area contributed by atoms with E-state index in [-0.39, 0.29) is 11.3 Å². The van der Waals surface area contributed by atoms with Gasteiger partial charge in [-0.1, -0.05) is 20.8 Å². The summed E-state index contributed by atoms with van der Waals surface area (Å²) in [5, 5.41) is 4.12. The summed E-state index contributed by atoms with van der Waals surface area (Å²) in [4.78, 5) is 13.7. The van der Waals surface area contributed by atoms with Crippen molar-refractivity contribution in [3.8, 4) is 0 Å². The highest BCUT2D eigenvalue weighted by atomic mass is 16.5. The molecule has 0 unspecified atom stereocenters. The van der Waals surface area contributed by atoms with Gasteiger partial charge in [0.15, 0.2) is 0 Å². The van der Waals surface area contributed by atoms with Gasteiger partial charge in [0.2, 0.25) is 0 Å². The minimum atomic E-state index is -0.0597. The van der Waals surface area contributed by atoms with Crippen LogP contribution in [-0.4, -0.2) is 49.4 Å². The lowest BCUT2D eigenvalue weighted by Crippen LogP contribution is -2.42. The average Bonchev–Trinajstić information content (AvgIpc) is 2.26. The normalized spacial score (nSPS) is 19.2. The van der Waals surface area contributed by atoms with Crippen molar-refractivity contribution in [2.45, 2.75) is 27.7 Å². The van der Waals surface area contributed by atoms with Gasteiger partial charge in [0, 0.05) is 24.2 Å². The van der Waals surface area contributed by atoms with E-state index in [1.165, 1.54) is 0 Å². The molecule has 17 heavy (non-hydrogen) atoms. The number of carbonyl (C=O) groups excluding carboxylic acids is 1. The van der Waals surface area contributed by atoms with Crippen LogP contribution in [0.5, 0.6) is 0 Å². The van der Waals surface area contributed by atoms with Crippen LogP contribution in [0, 0.1) is 5.41 Å². The van der Waals surface area contributed by atoms with Gasteiger partial charge in [-0.3, -0.25) is 9.69 Å². The highest BCUT2D eigenvalue weighted by Crippen LogP contribution is 2.14. The van der Waals surface area contributed by atoms with Gasteiger partial charge in [0.05, 0.1) is 19.8 Å². The second-order valence-corrected chi connectivity index (χ2v) is 5.37. The molecule has 0 aliphatic carbocycles. The van der Waals surface area contributed by atoms with Gasteiger partial charge in [0.1, 0.15) is 0 Å². The van der Waals surface area contributed by atoms with E-state index >= 15 is 0 Å². The van der Waals surface area contributed by atoms with Crippen molar-refractivity contribution in [1.82, 2.24) is 10.3 Å². The van der Waals surface area contributed by atoms with Crippen LogP contribution in [0.1, 0.15) is 27.7 Å². The van der Waals surface area contributed by atoms with Crippen LogP contribution in [0.4, 0.5) is 0 Å². The van der Waals surface area contributed by atoms with Crippen LogP contribution in [0.2, 0.25) is 0 Å². The lowest BCUT2D eigenvalue weighted by atomic mass is 9.91. The fourth-order valence-corrected chi connectivity index (χ4v) is 1.31. The molecule has 1 rings (SSSR count). The number of carbonyl (C=O) groups is 1. The maximum Gasteiger partial charge on any atom is 0.254 e. The first-order chi connectivity index (χ1) is 7.89. The number of nitrogens with one attached hydrogen (secondary N) is 1. The van der Waals surface area contributed by atoms with E-state index in [2.05, 4.69) is 36.2 Å². The monoisotopic (exact) mass is 241 g/mol. The molecule has 0 bridgehead atoms. The Balaban J connectivity index is 2.34. The smallest absolute Gasteiger partial charge is 0.254 e. The van der Waals surface area contributed by atoms with E-state index < -0.39 is 0 Å². The van der Waals surface area contributed by atoms with Crippen molar-refractivity contribution in [1.29, 1.82) is 0 Å². The van der Waals surface area contributed by atoms with Crippen molar-refractivity contribution in [2.75, 3.05) is 32.8 Å². The molecule has 1 saturated heterocycles. The molecule has 1 aliphatic heterocycles. The standard InChI is InChI=1S/C12H23N3O2/c1-10(12(2,3)4)13-14-11(16)9-15-5-7-17-8-6-15/h5-9H2,1-4H3,(H,14,16)/b13-10-. The maximum atomic E-state index is 11.6. The fourth-order valence-electron chi connectivity index (χ4n) is 1.31. The summed E-state index contributed by atoms with van der Waals surface area (Å²) in [6.45, 7) is 11.6. The topological polar surface area (TPSA) is 53.9 Å². The number of morpholine rings is 1. The van der Waals surface area contributed by atoms with Crippen LogP contribution < -0.4 is 5.43 Å². The summed E-state index contributed by atoms with van der Waals surface area (Å²) in [5.74, 6) is -0.0597. The van der Waals surface area contributed by atoms with Gasteiger partial charge in [-0.15, -0.1) is 0 Å². The molecule has 98 valence electrons. The zero-order valence-corrected chi connectivity index (χ0v) is 11.2. The summed E-state index contributed by atoms with van der Waals surface area (Å²) in [6.07, 6.45) is 0. The number of hydrogen-bond donors (Lipinski definition) is 1. The molecular weight excluding hydrogens is 218 g/mol. The summed E-state index contributed by atoms with van der Waals surface area (Å²) in [5.41, 5.74) is 3.52. The van der Waals surface area contributed by atoms with Crippen molar-refractivity contribution in [3.63, 3.8) is 0 Å². The van der Waals surface area contributed by atoms with E-state index in [9.17, 15) is 4.79 Å². The second-order valence-electron chi connectivity index (χ2n) is 5.37. The van der Waals surface area contributed by atoms with Crippen molar-refractivity contribution in [2.24, 2.45) is 10.5 Å². The van der Waals surface area contributed by atoms with Gasteiger partial charge in [-0.05, 0) is 6.92 Å². The highest BCUT2D eigenvalue weighted by molar-refractivity contribution is 5.88. The van der Waals surface area contributed by atoms with E-state index in [4.69, 9.17) is 4.74 Å². The van der Waals surface area contributed by atoms with Crippen LogP contribution in [0.15, 0.2) is 5.10 Å². The van der Waals surface area contributed by atoms with E-state index in [1.54, 1.807) is 0 Å². The molecule has 1 fully saturated rings. The Kier molecular flexibility index (Phi) is 5.08. The van der Waals surface area contributed by atoms with Crippen LogP contribution in [-0.2, 0) is 9.53 Å². The van der Waals surface area contributed by atoms with Crippen molar-refractivity contribution >= 4 is 11.6 Å². The Labute approximate surface area is 103 Å². The third-order valence-electron chi connectivity index (χ3n) is 2.90. The third-order valence-corrected chi connectivity index (χ3v) is 2.90. The molecule has 1 heterocycles. The van der Waals surface area contributed by atoms with Crippen LogP contribution in [0.25, 0.3) is 0 Å². The molecule has 0 radical (unpaired) electrons. The summed E-state index contributed by atoms with van der Waals surface area (Å²) in [6, 6.07) is 0. The third kappa shape index (κ3) is 5.28. The molecule has 0 aromatic rings. The van der Waals surface area contributed by atoms with E-state index in [0.29, 0.717) is 19.8 Å². The number of amides is 1. The molecule has 1 aliphatic rings. The quantitative estimate of drug-likeness (QED) is 0.589. The molecule has 0 aromatic heterocycles. The first-order valence-electron chi connectivity index (χ1n) is 6.03. The minimum Gasteiger partial charge on any atom is -0.379 e. The molecule has 0 saturated carbocycles. The van der Waals surface area contributed by atoms with Crippen molar-refractivity contribution < 1.29 is 9.53 Å². The number of nitrogens with zero attached hydrogens (tertiary/aromatic N) is 2. The predicted octanol–water partition coefficient (Wildman–Crippen LogP) is 0.857. The molecule has 1 amide bonds. The zero-order chi connectivity index (χ0) is 12.9. The zero-order valence-electron chi connectivity index (χ0n) is 11.2. The Hall–Kier alpha value is -0.940. The van der Waals surface area contributed by atoms with Gasteiger partial charge in [-0.2, -0.15) is 5.10 Å². The lowest BCUT2D eigenvalue weighted by molar-refractivity contribution is -0.123. The number of hydrogen-bond acceptors (Lipinski definition) is 4. The SMILES string of the molecule is C/C(=N/NC(=O)CN1CCOCC1)C(C)(C)C. The summed E-state index contributed by atoms with van der Waals surface area (Å²) >= 11 is 0. The van der Waals surface area contributed by atoms with Crippen LogP contribution >= 0.6 is 0 Å². The van der Waals surface area contributed by atoms with Gasteiger partial charge < -0.3 is 4.74 Å². The molecule has 0 atom stereocenters. The Morgan fingerprint density at radius 1 is 1.35 bits per heavy atom. The molecule has 0 aromatic carbocycles. The summed E-state index contributed by atoms with van der Waals surface area (Å²) < 4.78 is 5.22. The van der Waals surface area contributed by atoms with Gasteiger partial charge in [-0.25, -0.2) is 5.43 Å². The van der Waals surface area contributed by atoms with Gasteiger partial charge >= 0.3 is 0 Å². The minimum absolute atomic E-state index is 0.00769. The largest absolute Gasteiger partial charge is 0.379 e. The van der Waals surface area contributed by atoms with Gasteiger partial charge in [0.25, 0.3) is 5.91 Å². The maximum absolute atomic E-state index is 11.6. The number of rotatable bonds is 3. The highest BCUT2D eigenvalue weighted by Gasteiger charge is 2.16. The lowest BCUT2D eigenvalue weighted by Gasteiger charge is -2.25. The van der Waals surface area contributed by atoms with E-state index in [0.717, 1.165) is 18.8 Å². The number of hydrazone groups is 1. The Morgan fingerprint density at radius 2 is 1.94 bits per heavy atom. The van der Waals surface area contributed by atoms with Crippen LogP contribution in [0.3, 0.4) is 0 Å². The summed E-state index contributed by atoms with van der Waals surface area (Å²) in [7, 11) is 0. The molecular formula is C12H23N3O2. The van der Waals surface area contributed by atoms with Crippen molar-refractivity contribution in [3.05, 3.63) is 0 Å². The first-order valence-corrected chi connectivity index (χ1v) is 6.03. The predicted molar refractivity (Wildman–Crippen MR) is 68.0 cm³/mol.